The highest BCUT2D eigenvalue weighted by molar-refractivity contribution is 5.94. The van der Waals surface area contributed by atoms with E-state index in [0.29, 0.717) is 17.7 Å². The first-order chi connectivity index (χ1) is 14.2. The van der Waals surface area contributed by atoms with Crippen molar-refractivity contribution in [3.05, 3.63) is 65.0 Å². The van der Waals surface area contributed by atoms with Crippen molar-refractivity contribution in [3.8, 4) is 0 Å². The summed E-state index contributed by atoms with van der Waals surface area (Å²) in [6.07, 6.45) is 0.602. The van der Waals surface area contributed by atoms with Crippen LogP contribution in [0.2, 0.25) is 0 Å². The Kier molecular flexibility index (Phi) is 6.40. The van der Waals surface area contributed by atoms with E-state index in [1.165, 1.54) is 5.56 Å². The van der Waals surface area contributed by atoms with Gasteiger partial charge in [0.05, 0.1) is 11.0 Å². The Morgan fingerprint density at radius 2 is 1.77 bits per heavy atom. The van der Waals surface area contributed by atoms with Gasteiger partial charge in [-0.1, -0.05) is 32.0 Å². The van der Waals surface area contributed by atoms with Crippen molar-refractivity contribution in [2.45, 2.75) is 53.6 Å². The van der Waals surface area contributed by atoms with E-state index >= 15 is 0 Å². The first-order valence-electron chi connectivity index (χ1n) is 10.5. The summed E-state index contributed by atoms with van der Waals surface area (Å²) in [5.74, 6) is 1.18. The van der Waals surface area contributed by atoms with Crippen molar-refractivity contribution in [2.24, 2.45) is 5.92 Å². The van der Waals surface area contributed by atoms with Gasteiger partial charge < -0.3 is 14.9 Å². The van der Waals surface area contributed by atoms with E-state index in [0.717, 1.165) is 29.0 Å². The number of carbonyl (C=O) groups excluding carboxylic acids is 1. The smallest absolute Gasteiger partial charge is 0.253 e. The number of nitrogens with zero attached hydrogens (tertiary/aromatic N) is 3. The van der Waals surface area contributed by atoms with Crippen LogP contribution in [-0.2, 0) is 6.54 Å². The van der Waals surface area contributed by atoms with Gasteiger partial charge >= 0.3 is 0 Å². The van der Waals surface area contributed by atoms with E-state index in [1.54, 1.807) is 4.90 Å². The zero-order chi connectivity index (χ0) is 22.0. The Balaban J connectivity index is 1.74. The molecule has 1 N–H and O–H groups in total. The lowest BCUT2D eigenvalue weighted by Crippen LogP contribution is -2.37. The minimum atomic E-state index is -0.00880. The highest BCUT2D eigenvalue weighted by atomic mass is 16.2. The largest absolute Gasteiger partial charge is 0.339 e. The molecule has 0 aliphatic heterocycles. The lowest BCUT2D eigenvalue weighted by atomic mass is 10.0. The Labute approximate surface area is 179 Å². The predicted octanol–water partition coefficient (Wildman–Crippen LogP) is 5.23. The molecular weight excluding hydrogens is 372 g/mol. The number of benzene rings is 2. The zero-order valence-corrected chi connectivity index (χ0v) is 18.9. The molecule has 1 atom stereocenters. The van der Waals surface area contributed by atoms with E-state index in [-0.39, 0.29) is 17.9 Å². The molecule has 0 fully saturated rings. The molecule has 0 unspecified atom stereocenters. The van der Waals surface area contributed by atoms with Crippen molar-refractivity contribution in [1.29, 1.82) is 5.41 Å². The van der Waals surface area contributed by atoms with Gasteiger partial charge in [-0.3, -0.25) is 4.79 Å². The molecule has 0 spiro atoms. The molecule has 2 aromatic carbocycles. The number of hydrogen-bond donors (Lipinski definition) is 1. The maximum Gasteiger partial charge on any atom is 0.253 e. The van der Waals surface area contributed by atoms with E-state index in [2.05, 4.69) is 34.7 Å². The van der Waals surface area contributed by atoms with Gasteiger partial charge in [-0.05, 0) is 62.1 Å². The topological polar surface area (TPSA) is 62.0 Å². The van der Waals surface area contributed by atoms with Crippen LogP contribution < -0.4 is 0 Å². The van der Waals surface area contributed by atoms with Crippen LogP contribution in [0.5, 0.6) is 0 Å². The maximum absolute atomic E-state index is 12.9. The molecule has 1 aromatic heterocycles. The average Bonchev–Trinajstić information content (AvgIpc) is 3.01. The summed E-state index contributed by atoms with van der Waals surface area (Å²) in [5.41, 5.74) is 5.84. The third-order valence-electron chi connectivity index (χ3n) is 5.83. The van der Waals surface area contributed by atoms with Crippen LogP contribution in [0.3, 0.4) is 0 Å². The van der Waals surface area contributed by atoms with Crippen LogP contribution >= 0.6 is 0 Å². The van der Waals surface area contributed by atoms with Crippen LogP contribution in [-0.4, -0.2) is 39.2 Å². The summed E-state index contributed by atoms with van der Waals surface area (Å²) < 4.78 is 2.21. The van der Waals surface area contributed by atoms with Crippen molar-refractivity contribution in [3.63, 3.8) is 0 Å². The Morgan fingerprint density at radius 3 is 2.40 bits per heavy atom. The van der Waals surface area contributed by atoms with Gasteiger partial charge in [0.2, 0.25) is 0 Å². The zero-order valence-electron chi connectivity index (χ0n) is 18.9. The Hall–Kier alpha value is -2.95. The molecule has 158 valence electrons. The molecule has 5 heteroatoms. The molecule has 0 aliphatic rings. The number of amides is 1. The number of aryl methyl sites for hydroxylation is 2. The second-order valence-corrected chi connectivity index (χ2v) is 8.58. The summed E-state index contributed by atoms with van der Waals surface area (Å²) >= 11 is 0. The predicted molar refractivity (Wildman–Crippen MR) is 123 cm³/mol. The van der Waals surface area contributed by atoms with Gasteiger partial charge in [0.15, 0.2) is 0 Å². The lowest BCUT2D eigenvalue weighted by molar-refractivity contribution is 0.0747. The summed E-state index contributed by atoms with van der Waals surface area (Å²) in [5, 5.41) is 8.08. The van der Waals surface area contributed by atoms with Gasteiger partial charge in [-0.15, -0.1) is 0 Å². The molecule has 0 saturated carbocycles. The van der Waals surface area contributed by atoms with Gasteiger partial charge in [0.25, 0.3) is 5.91 Å². The number of carbonyl (C=O) groups is 1. The highest BCUT2D eigenvalue weighted by Gasteiger charge is 2.19. The van der Waals surface area contributed by atoms with Crippen LogP contribution in [0.1, 0.15) is 54.5 Å². The number of fused-ring (bicyclic) bond motifs is 1. The van der Waals surface area contributed by atoms with Crippen molar-refractivity contribution in [2.75, 3.05) is 7.05 Å². The van der Waals surface area contributed by atoms with Crippen molar-refractivity contribution < 1.29 is 4.79 Å². The van der Waals surface area contributed by atoms with Crippen LogP contribution in [0, 0.1) is 25.2 Å². The number of aromatic nitrogens is 2. The SMILES string of the molecule is Cc1ccc2nc(C)n(Cc3ccc(C(=O)N(C)[C@H](C)CC(=N)C(C)C)cc3)c2c1. The fourth-order valence-corrected chi connectivity index (χ4v) is 3.58. The Morgan fingerprint density at radius 1 is 1.10 bits per heavy atom. The minimum absolute atomic E-state index is 0.00437. The average molecular weight is 405 g/mol. The second-order valence-electron chi connectivity index (χ2n) is 8.58. The summed E-state index contributed by atoms with van der Waals surface area (Å²) in [7, 11) is 1.82. The maximum atomic E-state index is 12.9. The highest BCUT2D eigenvalue weighted by Crippen LogP contribution is 2.20. The molecule has 1 heterocycles. The summed E-state index contributed by atoms with van der Waals surface area (Å²) in [6.45, 7) is 10.9. The van der Waals surface area contributed by atoms with E-state index < -0.39 is 0 Å². The first-order valence-corrected chi connectivity index (χ1v) is 10.5. The number of imidazole rings is 1. The third kappa shape index (κ3) is 4.61. The summed E-state index contributed by atoms with van der Waals surface area (Å²) in [4.78, 5) is 19.3. The molecule has 5 nitrogen and oxygen atoms in total. The standard InChI is InChI=1S/C25H32N4O/c1-16(2)22(26)14-18(4)28(6)25(30)21-10-8-20(9-11-21)15-29-19(5)27-23-12-7-17(3)13-24(23)29/h7-13,16,18,26H,14-15H2,1-6H3/t18-/m1/s1. The first kappa shape index (κ1) is 21.8. The van der Waals surface area contributed by atoms with Crippen LogP contribution in [0.15, 0.2) is 42.5 Å². The third-order valence-corrected chi connectivity index (χ3v) is 5.83. The number of nitrogens with one attached hydrogen (secondary N) is 1. The lowest BCUT2D eigenvalue weighted by Gasteiger charge is -2.26. The second kappa shape index (κ2) is 8.82. The van der Waals surface area contributed by atoms with Gasteiger partial charge in [0.1, 0.15) is 5.82 Å². The molecule has 0 radical (unpaired) electrons. The molecule has 3 rings (SSSR count). The number of hydrogen-bond acceptors (Lipinski definition) is 3. The quantitative estimate of drug-likeness (QED) is 0.548. The van der Waals surface area contributed by atoms with Crippen LogP contribution in [0.25, 0.3) is 11.0 Å². The molecule has 0 aliphatic carbocycles. The Bertz CT molecular complexity index is 1060. The van der Waals surface area contributed by atoms with Crippen molar-refractivity contribution >= 4 is 22.7 Å². The molecule has 0 bridgehead atoms. The molecule has 0 saturated heterocycles. The minimum Gasteiger partial charge on any atom is -0.339 e. The molecule has 1 amide bonds. The molecule has 3 aromatic rings. The van der Waals surface area contributed by atoms with E-state index in [1.807, 2.05) is 59.0 Å². The molecular formula is C25H32N4O. The van der Waals surface area contributed by atoms with Gasteiger partial charge in [0, 0.05) is 37.3 Å². The number of rotatable bonds is 7. The summed E-state index contributed by atoms with van der Waals surface area (Å²) in [6, 6.07) is 14.1. The fraction of sp³-hybridized carbons (Fsp3) is 0.400. The van der Waals surface area contributed by atoms with Crippen molar-refractivity contribution in [1.82, 2.24) is 14.5 Å². The van der Waals surface area contributed by atoms with E-state index in [4.69, 9.17) is 5.41 Å². The monoisotopic (exact) mass is 404 g/mol. The fourth-order valence-electron chi connectivity index (χ4n) is 3.58. The molecule has 30 heavy (non-hydrogen) atoms. The van der Waals surface area contributed by atoms with Crippen LogP contribution in [0.4, 0.5) is 0 Å². The van der Waals surface area contributed by atoms with E-state index in [9.17, 15) is 4.79 Å². The normalized spacial score (nSPS) is 12.4. The van der Waals surface area contributed by atoms with Gasteiger partial charge in [-0.2, -0.15) is 0 Å². The van der Waals surface area contributed by atoms with Gasteiger partial charge in [-0.25, -0.2) is 4.98 Å².